The van der Waals surface area contributed by atoms with Gasteiger partial charge in [0, 0.05) is 49.3 Å². The molecule has 4 aromatic rings. The zero-order valence-corrected chi connectivity index (χ0v) is 19.9. The summed E-state index contributed by atoms with van der Waals surface area (Å²) in [5.41, 5.74) is 3.36. The van der Waals surface area contributed by atoms with E-state index < -0.39 is 5.92 Å². The van der Waals surface area contributed by atoms with Crippen molar-refractivity contribution in [2.24, 2.45) is 0 Å². The average molecular weight is 477 g/mol. The third-order valence-corrected chi connectivity index (χ3v) is 5.58. The van der Waals surface area contributed by atoms with Gasteiger partial charge in [0.2, 0.25) is 0 Å². The Morgan fingerprint density at radius 2 is 1.86 bits per heavy atom. The van der Waals surface area contributed by atoms with Crippen molar-refractivity contribution in [2.75, 3.05) is 17.7 Å². The molecule has 0 spiro atoms. The van der Waals surface area contributed by atoms with Gasteiger partial charge in [-0.2, -0.15) is 9.78 Å². The molecule has 0 aliphatic heterocycles. The van der Waals surface area contributed by atoms with E-state index in [1.54, 1.807) is 42.1 Å². The highest BCUT2D eigenvalue weighted by molar-refractivity contribution is 5.98. The van der Waals surface area contributed by atoms with Crippen LogP contribution in [-0.2, 0) is 12.3 Å². The molecule has 0 bridgehead atoms. The Hall–Kier alpha value is -4.14. The molecule has 2 aromatic heterocycles. The largest absolute Gasteiger partial charge is 0.373 e. The molecule has 0 saturated heterocycles. The smallest absolute Gasteiger partial charge is 0.270 e. The summed E-state index contributed by atoms with van der Waals surface area (Å²) in [5, 5.41) is 10.9. The standard InChI is InChI=1S/C26H26F2N6O/c1-16-8-9-19(22(35)12-18-6-5-7-20(11-18)26(3,27)28)13-21(16)32-25-10-17(2)33-34(25)24-14-23(29-4)30-15-31-24/h5-11,13-15,32H,12H2,1-4H3,(H,29,30,31). The number of rotatable bonds is 8. The van der Waals surface area contributed by atoms with Crippen LogP contribution < -0.4 is 10.6 Å². The number of nitrogens with one attached hydrogen (secondary N) is 2. The van der Waals surface area contributed by atoms with Crippen molar-refractivity contribution in [1.29, 1.82) is 0 Å². The lowest BCUT2D eigenvalue weighted by Gasteiger charge is -2.14. The Bertz CT molecular complexity index is 1380. The molecule has 2 heterocycles. The van der Waals surface area contributed by atoms with Crippen LogP contribution in [0.15, 0.2) is 60.9 Å². The second-order valence-corrected chi connectivity index (χ2v) is 8.44. The number of benzene rings is 2. The summed E-state index contributed by atoms with van der Waals surface area (Å²) < 4.78 is 29.0. The number of alkyl halides is 2. The molecule has 7 nitrogen and oxygen atoms in total. The maximum absolute atomic E-state index is 13.7. The maximum Gasteiger partial charge on any atom is 0.270 e. The molecule has 180 valence electrons. The Morgan fingerprint density at radius 3 is 2.60 bits per heavy atom. The number of halogens is 2. The lowest BCUT2D eigenvalue weighted by Crippen LogP contribution is -2.10. The van der Waals surface area contributed by atoms with Gasteiger partial charge in [0.15, 0.2) is 11.6 Å². The van der Waals surface area contributed by atoms with Crippen molar-refractivity contribution in [3.8, 4) is 5.82 Å². The molecule has 35 heavy (non-hydrogen) atoms. The minimum absolute atomic E-state index is 0.0250. The van der Waals surface area contributed by atoms with Crippen molar-refractivity contribution >= 4 is 23.1 Å². The van der Waals surface area contributed by atoms with Gasteiger partial charge < -0.3 is 10.6 Å². The van der Waals surface area contributed by atoms with Gasteiger partial charge in [-0.25, -0.2) is 18.7 Å². The van der Waals surface area contributed by atoms with Gasteiger partial charge in [-0.1, -0.05) is 30.3 Å². The van der Waals surface area contributed by atoms with Crippen molar-refractivity contribution in [1.82, 2.24) is 19.7 Å². The first-order valence-corrected chi connectivity index (χ1v) is 11.1. The summed E-state index contributed by atoms with van der Waals surface area (Å²) in [4.78, 5) is 21.5. The van der Waals surface area contributed by atoms with Crippen LogP contribution in [0.4, 0.5) is 26.1 Å². The third kappa shape index (κ3) is 5.51. The fourth-order valence-electron chi connectivity index (χ4n) is 3.67. The van der Waals surface area contributed by atoms with E-state index >= 15 is 0 Å². The van der Waals surface area contributed by atoms with Crippen molar-refractivity contribution in [3.63, 3.8) is 0 Å². The highest BCUT2D eigenvalue weighted by atomic mass is 19.3. The second kappa shape index (κ2) is 9.61. The third-order valence-electron chi connectivity index (χ3n) is 5.58. The molecule has 0 atom stereocenters. The lowest BCUT2D eigenvalue weighted by atomic mass is 9.98. The van der Waals surface area contributed by atoms with Crippen LogP contribution >= 0.6 is 0 Å². The van der Waals surface area contributed by atoms with Crippen LogP contribution in [0.1, 0.15) is 39.7 Å². The molecular weight excluding hydrogens is 450 g/mol. The Balaban J connectivity index is 1.60. The van der Waals surface area contributed by atoms with Gasteiger partial charge in [-0.15, -0.1) is 0 Å². The summed E-state index contributed by atoms with van der Waals surface area (Å²) >= 11 is 0. The molecule has 0 amide bonds. The van der Waals surface area contributed by atoms with Crippen LogP contribution in [0, 0.1) is 13.8 Å². The number of ketones is 1. The van der Waals surface area contributed by atoms with Gasteiger partial charge >= 0.3 is 0 Å². The van der Waals surface area contributed by atoms with Gasteiger partial charge in [-0.3, -0.25) is 4.79 Å². The summed E-state index contributed by atoms with van der Waals surface area (Å²) in [6, 6.07) is 15.0. The van der Waals surface area contributed by atoms with Crippen molar-refractivity contribution < 1.29 is 13.6 Å². The lowest BCUT2D eigenvalue weighted by molar-refractivity contribution is 0.0174. The van der Waals surface area contributed by atoms with E-state index in [0.717, 1.165) is 23.9 Å². The number of aryl methyl sites for hydroxylation is 2. The van der Waals surface area contributed by atoms with E-state index in [1.807, 2.05) is 26.0 Å². The van der Waals surface area contributed by atoms with E-state index in [-0.39, 0.29) is 17.8 Å². The molecule has 0 aliphatic rings. The number of hydrogen-bond acceptors (Lipinski definition) is 6. The average Bonchev–Trinajstić information content (AvgIpc) is 3.20. The van der Waals surface area contributed by atoms with Crippen LogP contribution in [0.25, 0.3) is 5.82 Å². The number of aromatic nitrogens is 4. The van der Waals surface area contributed by atoms with E-state index in [2.05, 4.69) is 25.7 Å². The predicted molar refractivity (Wildman–Crippen MR) is 132 cm³/mol. The van der Waals surface area contributed by atoms with E-state index in [0.29, 0.717) is 28.6 Å². The Kier molecular flexibility index (Phi) is 6.59. The maximum atomic E-state index is 13.7. The summed E-state index contributed by atoms with van der Waals surface area (Å²) in [6.07, 6.45) is 1.48. The molecule has 0 aliphatic carbocycles. The normalized spacial score (nSPS) is 11.4. The number of carbonyl (C=O) groups excluding carboxylic acids is 1. The number of Topliss-reactive ketones (excluding diaryl/α,β-unsaturated/α-hetero) is 1. The minimum Gasteiger partial charge on any atom is -0.373 e. The van der Waals surface area contributed by atoms with E-state index in [4.69, 9.17) is 0 Å². The van der Waals surface area contributed by atoms with Gasteiger partial charge in [0.25, 0.3) is 5.92 Å². The molecule has 0 radical (unpaired) electrons. The number of carbonyl (C=O) groups is 1. The highest BCUT2D eigenvalue weighted by Crippen LogP contribution is 2.28. The monoisotopic (exact) mass is 476 g/mol. The molecule has 2 aromatic carbocycles. The molecule has 0 saturated carbocycles. The zero-order valence-electron chi connectivity index (χ0n) is 19.9. The molecule has 2 N–H and O–H groups in total. The Morgan fingerprint density at radius 1 is 1.06 bits per heavy atom. The molecule has 0 unspecified atom stereocenters. The Labute approximate surface area is 202 Å². The van der Waals surface area contributed by atoms with E-state index in [1.165, 1.54) is 18.5 Å². The van der Waals surface area contributed by atoms with E-state index in [9.17, 15) is 13.6 Å². The quantitative estimate of drug-likeness (QED) is 0.322. The van der Waals surface area contributed by atoms with Crippen LogP contribution in [0.2, 0.25) is 0 Å². The molecule has 0 fully saturated rings. The summed E-state index contributed by atoms with van der Waals surface area (Å²) in [5.74, 6) is -1.21. The molecular formula is C26H26F2N6O. The predicted octanol–water partition coefficient (Wildman–Crippen LogP) is 5.60. The topological polar surface area (TPSA) is 84.7 Å². The second-order valence-electron chi connectivity index (χ2n) is 8.44. The molecule has 9 heteroatoms. The SMILES string of the molecule is CNc1cc(-n2nc(C)cc2Nc2cc(C(=O)Cc3cccc(C(C)(F)F)c3)ccc2C)ncn1. The van der Waals surface area contributed by atoms with Crippen LogP contribution in [-0.4, -0.2) is 32.6 Å². The van der Waals surface area contributed by atoms with Crippen LogP contribution in [0.3, 0.4) is 0 Å². The first kappa shape index (κ1) is 24.0. The minimum atomic E-state index is -2.96. The van der Waals surface area contributed by atoms with Gasteiger partial charge in [0.1, 0.15) is 18.0 Å². The fourth-order valence-corrected chi connectivity index (χ4v) is 3.67. The first-order chi connectivity index (χ1) is 16.6. The summed E-state index contributed by atoms with van der Waals surface area (Å²) in [7, 11) is 1.77. The fraction of sp³-hybridized carbons (Fsp3) is 0.231. The number of nitrogens with zero attached hydrogens (tertiary/aromatic N) is 4. The zero-order chi connectivity index (χ0) is 25.2. The first-order valence-electron chi connectivity index (χ1n) is 11.1. The number of anilines is 3. The molecule has 4 rings (SSSR count). The highest BCUT2D eigenvalue weighted by Gasteiger charge is 2.24. The van der Waals surface area contributed by atoms with Crippen LogP contribution in [0.5, 0.6) is 0 Å². The van der Waals surface area contributed by atoms with Crippen molar-refractivity contribution in [2.45, 2.75) is 33.1 Å². The summed E-state index contributed by atoms with van der Waals surface area (Å²) in [6.45, 7) is 4.66. The number of hydrogen-bond donors (Lipinski definition) is 2. The van der Waals surface area contributed by atoms with Crippen molar-refractivity contribution in [3.05, 3.63) is 88.9 Å². The van der Waals surface area contributed by atoms with Gasteiger partial charge in [0.05, 0.1) is 5.69 Å². The van der Waals surface area contributed by atoms with Gasteiger partial charge in [-0.05, 0) is 37.1 Å².